The average molecular weight is 214 g/mol. The molecular weight excluding hydrogens is 188 g/mol. The lowest BCUT2D eigenvalue weighted by Crippen LogP contribution is -2.46. The summed E-state index contributed by atoms with van der Waals surface area (Å²) in [5.74, 6) is 0. The van der Waals surface area contributed by atoms with Crippen LogP contribution in [0.3, 0.4) is 0 Å². The second-order valence-electron chi connectivity index (χ2n) is 5.30. The molecule has 0 amide bonds. The molecule has 0 radical (unpaired) electrons. The number of ether oxygens (including phenoxy) is 1. The first-order valence-corrected chi connectivity index (χ1v) is 6.11. The molecule has 1 saturated heterocycles. The van der Waals surface area contributed by atoms with Gasteiger partial charge in [0.1, 0.15) is 0 Å². The second-order valence-corrected chi connectivity index (χ2v) is 5.30. The summed E-state index contributed by atoms with van der Waals surface area (Å²) in [7, 11) is 0. The number of nitrogens with zero attached hydrogens (tertiary/aromatic N) is 1. The van der Waals surface area contributed by atoms with Crippen molar-refractivity contribution in [1.82, 2.24) is 4.90 Å². The quantitative estimate of drug-likeness (QED) is 0.753. The van der Waals surface area contributed by atoms with Gasteiger partial charge in [-0.15, -0.1) is 0 Å². The van der Waals surface area contributed by atoms with Gasteiger partial charge in [0.15, 0.2) is 0 Å². The smallest absolute Gasteiger partial charge is 0.0824 e. The molecule has 3 nitrogen and oxygen atoms in total. The summed E-state index contributed by atoms with van der Waals surface area (Å²) in [5.41, 5.74) is 6.09. The molecule has 0 aromatic rings. The maximum absolute atomic E-state index is 5.62. The fourth-order valence-electron chi connectivity index (χ4n) is 1.76. The van der Waals surface area contributed by atoms with Crippen LogP contribution in [0.4, 0.5) is 0 Å². The number of morpholine rings is 1. The van der Waals surface area contributed by atoms with Crippen LogP contribution >= 0.6 is 0 Å². The molecular formula is C12H26N2O. The van der Waals surface area contributed by atoms with Crippen molar-refractivity contribution < 1.29 is 4.74 Å². The Kier molecular flexibility index (Phi) is 5.03. The van der Waals surface area contributed by atoms with Gasteiger partial charge in [-0.05, 0) is 18.4 Å². The van der Waals surface area contributed by atoms with Crippen LogP contribution in [-0.4, -0.2) is 43.8 Å². The Morgan fingerprint density at radius 1 is 1.47 bits per heavy atom. The predicted octanol–water partition coefficient (Wildman–Crippen LogP) is 1.47. The monoisotopic (exact) mass is 214 g/mol. The second kappa shape index (κ2) is 5.83. The van der Waals surface area contributed by atoms with Gasteiger partial charge in [0.25, 0.3) is 0 Å². The predicted molar refractivity (Wildman–Crippen MR) is 63.9 cm³/mol. The molecule has 0 aromatic carbocycles. The van der Waals surface area contributed by atoms with E-state index in [0.29, 0.717) is 12.0 Å². The first kappa shape index (κ1) is 12.9. The fourth-order valence-corrected chi connectivity index (χ4v) is 1.76. The number of nitrogens with two attached hydrogens (primary N) is 1. The molecule has 1 aliphatic rings. The van der Waals surface area contributed by atoms with Gasteiger partial charge in [-0.1, -0.05) is 27.2 Å². The molecule has 1 atom stereocenters. The van der Waals surface area contributed by atoms with Gasteiger partial charge < -0.3 is 10.5 Å². The Hall–Kier alpha value is -0.120. The van der Waals surface area contributed by atoms with Crippen LogP contribution in [0.5, 0.6) is 0 Å². The number of rotatable bonds is 5. The Balaban J connectivity index is 2.26. The summed E-state index contributed by atoms with van der Waals surface area (Å²) in [6.07, 6.45) is 2.77. The van der Waals surface area contributed by atoms with Gasteiger partial charge in [-0.3, -0.25) is 4.90 Å². The zero-order valence-corrected chi connectivity index (χ0v) is 10.5. The largest absolute Gasteiger partial charge is 0.374 e. The lowest BCUT2D eigenvalue weighted by atomic mass is 9.86. The Morgan fingerprint density at radius 3 is 2.80 bits per heavy atom. The molecule has 0 aliphatic carbocycles. The Morgan fingerprint density at radius 2 is 2.20 bits per heavy atom. The van der Waals surface area contributed by atoms with E-state index in [9.17, 15) is 0 Å². The van der Waals surface area contributed by atoms with E-state index < -0.39 is 0 Å². The molecule has 15 heavy (non-hydrogen) atoms. The molecule has 0 spiro atoms. The van der Waals surface area contributed by atoms with Crippen molar-refractivity contribution in [3.63, 3.8) is 0 Å². The molecule has 1 fully saturated rings. The van der Waals surface area contributed by atoms with Crippen molar-refractivity contribution in [3.05, 3.63) is 0 Å². The summed E-state index contributed by atoms with van der Waals surface area (Å²) < 4.78 is 5.55. The molecule has 1 unspecified atom stereocenters. The van der Waals surface area contributed by atoms with Crippen LogP contribution < -0.4 is 5.73 Å². The van der Waals surface area contributed by atoms with Crippen molar-refractivity contribution in [2.45, 2.75) is 39.7 Å². The maximum atomic E-state index is 5.62. The van der Waals surface area contributed by atoms with Gasteiger partial charge >= 0.3 is 0 Å². The highest BCUT2D eigenvalue weighted by atomic mass is 16.5. The third kappa shape index (κ3) is 4.49. The highest BCUT2D eigenvalue weighted by molar-refractivity contribution is 4.75. The summed E-state index contributed by atoms with van der Waals surface area (Å²) in [6, 6.07) is 0. The molecule has 90 valence electrons. The first-order chi connectivity index (χ1) is 7.07. The van der Waals surface area contributed by atoms with E-state index in [1.54, 1.807) is 0 Å². The van der Waals surface area contributed by atoms with Crippen molar-refractivity contribution in [2.24, 2.45) is 11.1 Å². The standard InChI is InChI=1S/C12H26N2O/c1-4-12(2,3)5-6-14-7-8-15-11(9-13)10-14/h11H,4-10,13H2,1-3H3. The topological polar surface area (TPSA) is 38.5 Å². The van der Waals surface area contributed by atoms with E-state index in [1.807, 2.05) is 0 Å². The van der Waals surface area contributed by atoms with E-state index in [0.717, 1.165) is 19.7 Å². The molecule has 1 heterocycles. The highest BCUT2D eigenvalue weighted by Crippen LogP contribution is 2.24. The minimum Gasteiger partial charge on any atom is -0.374 e. The van der Waals surface area contributed by atoms with Crippen molar-refractivity contribution in [2.75, 3.05) is 32.8 Å². The lowest BCUT2D eigenvalue weighted by molar-refractivity contribution is -0.0261. The first-order valence-electron chi connectivity index (χ1n) is 6.11. The Bertz CT molecular complexity index is 182. The van der Waals surface area contributed by atoms with Crippen LogP contribution in [-0.2, 0) is 4.74 Å². The number of hydrogen-bond acceptors (Lipinski definition) is 3. The van der Waals surface area contributed by atoms with Gasteiger partial charge in [0.05, 0.1) is 12.7 Å². The minimum atomic E-state index is 0.253. The highest BCUT2D eigenvalue weighted by Gasteiger charge is 2.21. The average Bonchev–Trinajstić information content (AvgIpc) is 2.27. The molecule has 2 N–H and O–H groups in total. The summed E-state index contributed by atoms with van der Waals surface area (Å²) in [6.45, 7) is 11.7. The SMILES string of the molecule is CCC(C)(C)CCN1CCOC(CN)C1. The van der Waals surface area contributed by atoms with Gasteiger partial charge in [-0.25, -0.2) is 0 Å². The fraction of sp³-hybridized carbons (Fsp3) is 1.00. The molecule has 1 rings (SSSR count). The maximum Gasteiger partial charge on any atom is 0.0824 e. The normalized spacial score (nSPS) is 24.4. The zero-order chi connectivity index (χ0) is 11.3. The lowest BCUT2D eigenvalue weighted by Gasteiger charge is -2.34. The van der Waals surface area contributed by atoms with Gasteiger partial charge in [-0.2, -0.15) is 0 Å². The zero-order valence-electron chi connectivity index (χ0n) is 10.5. The molecule has 1 aliphatic heterocycles. The third-order valence-corrected chi connectivity index (χ3v) is 3.55. The molecule has 3 heteroatoms. The van der Waals surface area contributed by atoms with E-state index >= 15 is 0 Å². The van der Waals surface area contributed by atoms with E-state index in [1.165, 1.54) is 19.4 Å². The third-order valence-electron chi connectivity index (χ3n) is 3.55. The van der Waals surface area contributed by atoms with Gasteiger partial charge in [0.2, 0.25) is 0 Å². The van der Waals surface area contributed by atoms with E-state index in [-0.39, 0.29) is 6.10 Å². The van der Waals surface area contributed by atoms with Crippen LogP contribution in [0.25, 0.3) is 0 Å². The van der Waals surface area contributed by atoms with Crippen molar-refractivity contribution in [3.8, 4) is 0 Å². The minimum absolute atomic E-state index is 0.253. The van der Waals surface area contributed by atoms with E-state index in [4.69, 9.17) is 10.5 Å². The van der Waals surface area contributed by atoms with Crippen LogP contribution in [0.1, 0.15) is 33.6 Å². The van der Waals surface area contributed by atoms with Crippen LogP contribution in [0.2, 0.25) is 0 Å². The number of hydrogen-bond donors (Lipinski definition) is 1. The van der Waals surface area contributed by atoms with Crippen molar-refractivity contribution in [1.29, 1.82) is 0 Å². The molecule has 0 bridgehead atoms. The van der Waals surface area contributed by atoms with E-state index in [2.05, 4.69) is 25.7 Å². The van der Waals surface area contributed by atoms with Crippen molar-refractivity contribution >= 4 is 0 Å². The summed E-state index contributed by atoms with van der Waals surface area (Å²) in [5, 5.41) is 0. The van der Waals surface area contributed by atoms with Crippen LogP contribution in [0, 0.1) is 5.41 Å². The Labute approximate surface area is 94.0 Å². The molecule has 0 saturated carbocycles. The molecule has 0 aromatic heterocycles. The van der Waals surface area contributed by atoms with Crippen LogP contribution in [0.15, 0.2) is 0 Å². The summed E-state index contributed by atoms with van der Waals surface area (Å²) >= 11 is 0. The van der Waals surface area contributed by atoms with Gasteiger partial charge in [0, 0.05) is 19.6 Å². The summed E-state index contributed by atoms with van der Waals surface area (Å²) in [4.78, 5) is 2.48.